The molecule has 0 aliphatic heterocycles. The molecule has 0 spiro atoms. The Bertz CT molecular complexity index is 384. The highest BCUT2D eigenvalue weighted by molar-refractivity contribution is 5.33. The molecule has 1 aromatic carbocycles. The van der Waals surface area contributed by atoms with E-state index in [9.17, 15) is 9.50 Å². The molecule has 3 heteroatoms. The lowest BCUT2D eigenvalue weighted by Crippen LogP contribution is -2.42. The van der Waals surface area contributed by atoms with Crippen LogP contribution in [0.2, 0.25) is 0 Å². The molecule has 0 aromatic heterocycles. The number of nitrogens with two attached hydrogens (primary N) is 1. The van der Waals surface area contributed by atoms with Gasteiger partial charge in [-0.2, -0.15) is 0 Å². The third-order valence-corrected chi connectivity index (χ3v) is 3.58. The first-order chi connectivity index (χ1) is 7.51. The zero-order chi connectivity index (χ0) is 11.8. The largest absolute Gasteiger partial charge is 0.393 e. The molecular formula is C13H18FNO. The lowest BCUT2D eigenvalue weighted by molar-refractivity contribution is 0.0966. The van der Waals surface area contributed by atoms with E-state index in [-0.39, 0.29) is 11.9 Å². The number of benzene rings is 1. The quantitative estimate of drug-likeness (QED) is 0.767. The predicted molar refractivity (Wildman–Crippen MR) is 61.5 cm³/mol. The van der Waals surface area contributed by atoms with Gasteiger partial charge in [-0.25, -0.2) is 4.39 Å². The van der Waals surface area contributed by atoms with Gasteiger partial charge in [-0.05, 0) is 55.9 Å². The highest BCUT2D eigenvalue weighted by Gasteiger charge is 2.33. The van der Waals surface area contributed by atoms with Crippen LogP contribution < -0.4 is 5.73 Å². The normalized spacial score (nSPS) is 30.4. The Hall–Kier alpha value is -0.930. The Morgan fingerprint density at radius 1 is 1.38 bits per heavy atom. The molecular weight excluding hydrogens is 205 g/mol. The van der Waals surface area contributed by atoms with E-state index in [1.54, 1.807) is 6.07 Å². The second-order valence-electron chi connectivity index (χ2n) is 4.85. The first-order valence-electron chi connectivity index (χ1n) is 5.75. The van der Waals surface area contributed by atoms with Crippen molar-refractivity contribution in [2.24, 2.45) is 5.73 Å². The van der Waals surface area contributed by atoms with Gasteiger partial charge in [0.05, 0.1) is 6.10 Å². The van der Waals surface area contributed by atoms with Gasteiger partial charge in [0.2, 0.25) is 0 Å². The Kier molecular flexibility index (Phi) is 3.00. The summed E-state index contributed by atoms with van der Waals surface area (Å²) in [5, 5.41) is 9.48. The lowest BCUT2D eigenvalue weighted by Gasteiger charge is -2.37. The van der Waals surface area contributed by atoms with Gasteiger partial charge in [-0.1, -0.05) is 6.07 Å². The first-order valence-corrected chi connectivity index (χ1v) is 5.75. The summed E-state index contributed by atoms with van der Waals surface area (Å²) in [6.45, 7) is 1.95. The minimum absolute atomic E-state index is 0.239. The molecule has 3 N–H and O–H groups in total. The average Bonchev–Trinajstić information content (AvgIpc) is 2.26. The number of rotatable bonds is 1. The molecule has 0 heterocycles. The minimum Gasteiger partial charge on any atom is -0.393 e. The van der Waals surface area contributed by atoms with E-state index in [0.717, 1.165) is 24.0 Å². The van der Waals surface area contributed by atoms with E-state index in [4.69, 9.17) is 5.73 Å². The minimum atomic E-state index is -0.467. The SMILES string of the molecule is Cc1ccc(F)cc1C1(N)CCC(O)CC1. The van der Waals surface area contributed by atoms with Crippen LogP contribution in [0.3, 0.4) is 0 Å². The molecule has 0 bridgehead atoms. The van der Waals surface area contributed by atoms with Gasteiger partial charge in [0.15, 0.2) is 0 Å². The van der Waals surface area contributed by atoms with Gasteiger partial charge in [0, 0.05) is 5.54 Å². The van der Waals surface area contributed by atoms with Crippen molar-refractivity contribution in [3.8, 4) is 0 Å². The van der Waals surface area contributed by atoms with Crippen molar-refractivity contribution in [3.63, 3.8) is 0 Å². The summed E-state index contributed by atoms with van der Waals surface area (Å²) in [5.74, 6) is -0.239. The Morgan fingerprint density at radius 2 is 2.00 bits per heavy atom. The van der Waals surface area contributed by atoms with Crippen LogP contribution in [0.25, 0.3) is 0 Å². The maximum absolute atomic E-state index is 13.2. The third-order valence-electron chi connectivity index (χ3n) is 3.58. The van der Waals surface area contributed by atoms with Gasteiger partial charge in [0.25, 0.3) is 0 Å². The number of aliphatic hydroxyl groups is 1. The molecule has 1 fully saturated rings. The number of aliphatic hydroxyl groups excluding tert-OH is 1. The number of halogens is 1. The van der Waals surface area contributed by atoms with Gasteiger partial charge in [-0.15, -0.1) is 0 Å². The fourth-order valence-corrected chi connectivity index (χ4v) is 2.52. The third kappa shape index (κ3) is 2.11. The molecule has 1 aromatic rings. The van der Waals surface area contributed by atoms with Crippen LogP contribution in [0.1, 0.15) is 36.8 Å². The summed E-state index contributed by atoms with van der Waals surface area (Å²) >= 11 is 0. The highest BCUT2D eigenvalue weighted by Crippen LogP contribution is 2.36. The average molecular weight is 223 g/mol. The number of aryl methyl sites for hydroxylation is 1. The summed E-state index contributed by atoms with van der Waals surface area (Å²) in [7, 11) is 0. The van der Waals surface area contributed by atoms with E-state index in [1.807, 2.05) is 6.92 Å². The van der Waals surface area contributed by atoms with Crippen LogP contribution in [-0.4, -0.2) is 11.2 Å². The van der Waals surface area contributed by atoms with E-state index in [2.05, 4.69) is 0 Å². The topological polar surface area (TPSA) is 46.2 Å². The molecule has 1 aliphatic rings. The lowest BCUT2D eigenvalue weighted by atomic mass is 9.75. The molecule has 2 rings (SSSR count). The van der Waals surface area contributed by atoms with Crippen LogP contribution in [0.15, 0.2) is 18.2 Å². The van der Waals surface area contributed by atoms with Crippen molar-refractivity contribution >= 4 is 0 Å². The van der Waals surface area contributed by atoms with Gasteiger partial charge in [0.1, 0.15) is 5.82 Å². The Labute approximate surface area is 95.3 Å². The van der Waals surface area contributed by atoms with E-state index in [1.165, 1.54) is 12.1 Å². The van der Waals surface area contributed by atoms with Crippen LogP contribution in [-0.2, 0) is 5.54 Å². The molecule has 1 saturated carbocycles. The molecule has 88 valence electrons. The van der Waals surface area contributed by atoms with Gasteiger partial charge < -0.3 is 10.8 Å². The van der Waals surface area contributed by atoms with E-state index in [0.29, 0.717) is 12.8 Å². The molecule has 1 aliphatic carbocycles. The van der Waals surface area contributed by atoms with Crippen molar-refractivity contribution in [2.45, 2.75) is 44.2 Å². The second-order valence-corrected chi connectivity index (χ2v) is 4.85. The maximum atomic E-state index is 13.2. The predicted octanol–water partition coefficient (Wildman–Crippen LogP) is 2.22. The van der Waals surface area contributed by atoms with Crippen molar-refractivity contribution in [1.82, 2.24) is 0 Å². The van der Waals surface area contributed by atoms with Crippen molar-refractivity contribution in [1.29, 1.82) is 0 Å². The van der Waals surface area contributed by atoms with E-state index < -0.39 is 5.54 Å². The molecule has 0 amide bonds. The summed E-state index contributed by atoms with van der Waals surface area (Å²) in [6.07, 6.45) is 2.60. The molecule has 0 saturated heterocycles. The summed E-state index contributed by atoms with van der Waals surface area (Å²) in [4.78, 5) is 0. The molecule has 0 unspecified atom stereocenters. The fraction of sp³-hybridized carbons (Fsp3) is 0.538. The number of hydrogen-bond donors (Lipinski definition) is 2. The molecule has 16 heavy (non-hydrogen) atoms. The van der Waals surface area contributed by atoms with Crippen LogP contribution >= 0.6 is 0 Å². The van der Waals surface area contributed by atoms with Crippen LogP contribution in [0, 0.1) is 12.7 Å². The van der Waals surface area contributed by atoms with Crippen molar-refractivity contribution in [2.75, 3.05) is 0 Å². The first kappa shape index (κ1) is 11.6. The van der Waals surface area contributed by atoms with Gasteiger partial charge >= 0.3 is 0 Å². The summed E-state index contributed by atoms with van der Waals surface area (Å²) < 4.78 is 13.2. The highest BCUT2D eigenvalue weighted by atomic mass is 19.1. The monoisotopic (exact) mass is 223 g/mol. The molecule has 2 nitrogen and oxygen atoms in total. The smallest absolute Gasteiger partial charge is 0.123 e. The second kappa shape index (κ2) is 4.15. The summed E-state index contributed by atoms with van der Waals surface area (Å²) in [5.41, 5.74) is 7.78. The Morgan fingerprint density at radius 3 is 2.62 bits per heavy atom. The van der Waals surface area contributed by atoms with Crippen molar-refractivity contribution < 1.29 is 9.50 Å². The molecule has 0 atom stereocenters. The van der Waals surface area contributed by atoms with Gasteiger partial charge in [-0.3, -0.25) is 0 Å². The van der Waals surface area contributed by atoms with Crippen molar-refractivity contribution in [3.05, 3.63) is 35.1 Å². The standard InChI is InChI=1S/C13H18FNO/c1-9-2-3-10(14)8-12(9)13(15)6-4-11(16)5-7-13/h2-3,8,11,16H,4-7,15H2,1H3. The van der Waals surface area contributed by atoms with Crippen LogP contribution in [0.5, 0.6) is 0 Å². The van der Waals surface area contributed by atoms with E-state index >= 15 is 0 Å². The zero-order valence-electron chi connectivity index (χ0n) is 9.54. The molecule has 0 radical (unpaired) electrons. The fourth-order valence-electron chi connectivity index (χ4n) is 2.52. The summed E-state index contributed by atoms with van der Waals surface area (Å²) in [6, 6.07) is 4.76. The van der Waals surface area contributed by atoms with Crippen LogP contribution in [0.4, 0.5) is 4.39 Å². The number of hydrogen-bond acceptors (Lipinski definition) is 2. The Balaban J connectivity index is 2.32. The maximum Gasteiger partial charge on any atom is 0.123 e. The zero-order valence-corrected chi connectivity index (χ0v) is 9.54.